The Hall–Kier alpha value is -0.830. The lowest BCUT2D eigenvalue weighted by Gasteiger charge is -2.14. The number of aryl methyl sites for hydroxylation is 1. The minimum absolute atomic E-state index is 0.204. The molecule has 0 unspecified atom stereocenters. The van der Waals surface area contributed by atoms with Gasteiger partial charge in [0.15, 0.2) is 0 Å². The maximum absolute atomic E-state index is 12.2. The molecule has 1 fully saturated rings. The van der Waals surface area contributed by atoms with Crippen LogP contribution in [0, 0.1) is 5.92 Å². The number of alkyl halides is 1. The van der Waals surface area contributed by atoms with Gasteiger partial charge >= 0.3 is 0 Å². The van der Waals surface area contributed by atoms with Crippen molar-refractivity contribution in [2.24, 2.45) is 5.92 Å². The Bertz CT molecular complexity index is 394. The third-order valence-corrected chi connectivity index (χ3v) is 4.23. The molecule has 1 N–H and O–H groups in total. The van der Waals surface area contributed by atoms with Crippen LogP contribution in [0.4, 0.5) is 5.69 Å². The van der Waals surface area contributed by atoms with E-state index in [-0.39, 0.29) is 11.8 Å². The van der Waals surface area contributed by atoms with Gasteiger partial charge in [-0.2, -0.15) is 0 Å². The van der Waals surface area contributed by atoms with E-state index in [0.29, 0.717) is 0 Å². The molecule has 1 aromatic carbocycles. The highest BCUT2D eigenvalue weighted by molar-refractivity contribution is 9.09. The Balaban J connectivity index is 1.90. The number of amides is 1. The van der Waals surface area contributed by atoms with Gasteiger partial charge in [-0.3, -0.25) is 4.79 Å². The van der Waals surface area contributed by atoms with Crippen molar-refractivity contribution in [3.05, 3.63) is 29.8 Å². The lowest BCUT2D eigenvalue weighted by molar-refractivity contribution is -0.120. The second-order valence-electron chi connectivity index (χ2n) is 5.31. The van der Waals surface area contributed by atoms with Gasteiger partial charge in [0.25, 0.3) is 0 Å². The van der Waals surface area contributed by atoms with Crippen molar-refractivity contribution in [2.75, 3.05) is 10.6 Å². The predicted octanol–water partition coefficient (Wildman–Crippen LogP) is 4.53. The average Bonchev–Trinajstić information content (AvgIpc) is 2.70. The normalized spacial score (nSPS) is 16.9. The predicted molar refractivity (Wildman–Crippen MR) is 83.8 cm³/mol. The first-order chi connectivity index (χ1) is 9.29. The summed E-state index contributed by atoms with van der Waals surface area (Å²) in [5.74, 6) is 0.417. The fourth-order valence-electron chi connectivity index (χ4n) is 2.65. The van der Waals surface area contributed by atoms with E-state index >= 15 is 0 Å². The molecule has 0 saturated heterocycles. The second-order valence-corrected chi connectivity index (χ2v) is 6.11. The molecule has 0 heterocycles. The van der Waals surface area contributed by atoms with E-state index < -0.39 is 0 Å². The van der Waals surface area contributed by atoms with Crippen LogP contribution in [0.5, 0.6) is 0 Å². The van der Waals surface area contributed by atoms with Gasteiger partial charge in [0.05, 0.1) is 0 Å². The van der Waals surface area contributed by atoms with Crippen molar-refractivity contribution in [3.63, 3.8) is 0 Å². The summed E-state index contributed by atoms with van der Waals surface area (Å²) >= 11 is 3.43. The van der Waals surface area contributed by atoms with Gasteiger partial charge in [-0.05, 0) is 37.0 Å². The summed E-state index contributed by atoms with van der Waals surface area (Å²) < 4.78 is 0. The third kappa shape index (κ3) is 4.64. The van der Waals surface area contributed by atoms with E-state index in [9.17, 15) is 4.79 Å². The van der Waals surface area contributed by atoms with Gasteiger partial charge in [0.1, 0.15) is 0 Å². The molecule has 1 amide bonds. The largest absolute Gasteiger partial charge is 0.326 e. The van der Waals surface area contributed by atoms with Crippen LogP contribution in [-0.4, -0.2) is 11.2 Å². The fraction of sp³-hybridized carbons (Fsp3) is 0.562. The molecule has 0 radical (unpaired) electrons. The molecule has 0 bridgehead atoms. The molecule has 1 aromatic rings. The Labute approximate surface area is 124 Å². The summed E-state index contributed by atoms with van der Waals surface area (Å²) in [6.45, 7) is 0. The van der Waals surface area contributed by atoms with Crippen molar-refractivity contribution in [3.8, 4) is 0 Å². The number of hydrogen-bond donors (Lipinski definition) is 1. The zero-order chi connectivity index (χ0) is 13.5. The molecular weight excluding hydrogens is 302 g/mol. The van der Waals surface area contributed by atoms with Gasteiger partial charge in [0, 0.05) is 16.9 Å². The molecule has 1 aliphatic carbocycles. The van der Waals surface area contributed by atoms with E-state index in [1.165, 1.54) is 31.2 Å². The summed E-state index contributed by atoms with van der Waals surface area (Å²) in [4.78, 5) is 12.2. The third-order valence-electron chi connectivity index (χ3n) is 3.83. The quantitative estimate of drug-likeness (QED) is 0.640. The molecule has 104 valence electrons. The van der Waals surface area contributed by atoms with Crippen molar-refractivity contribution in [1.29, 1.82) is 0 Å². The van der Waals surface area contributed by atoms with Gasteiger partial charge in [-0.25, -0.2) is 0 Å². The van der Waals surface area contributed by atoms with Crippen LogP contribution in [0.25, 0.3) is 0 Å². The number of anilines is 1. The highest BCUT2D eigenvalue weighted by Gasteiger charge is 2.19. The molecule has 2 rings (SSSR count). The molecule has 2 nitrogen and oxygen atoms in total. The van der Waals surface area contributed by atoms with Crippen molar-refractivity contribution < 1.29 is 4.79 Å². The zero-order valence-corrected chi connectivity index (χ0v) is 12.9. The number of hydrogen-bond acceptors (Lipinski definition) is 1. The number of benzene rings is 1. The second kappa shape index (κ2) is 7.68. The summed E-state index contributed by atoms with van der Waals surface area (Å²) in [5, 5.41) is 4.03. The first-order valence-electron chi connectivity index (χ1n) is 7.25. The summed E-state index contributed by atoms with van der Waals surface area (Å²) in [6.07, 6.45) is 8.08. The first-order valence-corrected chi connectivity index (χ1v) is 8.37. The molecule has 0 aromatic heterocycles. The zero-order valence-electron chi connectivity index (χ0n) is 11.3. The minimum atomic E-state index is 0.204. The molecule has 0 spiro atoms. The summed E-state index contributed by atoms with van der Waals surface area (Å²) in [5.41, 5.74) is 2.22. The van der Waals surface area contributed by atoms with Crippen LogP contribution >= 0.6 is 15.9 Å². The Kier molecular flexibility index (Phi) is 5.90. The van der Waals surface area contributed by atoms with Crippen LogP contribution in [0.2, 0.25) is 0 Å². The van der Waals surface area contributed by atoms with E-state index in [2.05, 4.69) is 33.4 Å². The SMILES string of the molecule is O=C(Nc1ccc(CCBr)cc1)C1CCCCCC1. The molecule has 0 atom stereocenters. The highest BCUT2D eigenvalue weighted by atomic mass is 79.9. The van der Waals surface area contributed by atoms with Gasteiger partial charge in [0.2, 0.25) is 5.91 Å². The van der Waals surface area contributed by atoms with E-state index in [1.807, 2.05) is 12.1 Å². The molecule has 3 heteroatoms. The first kappa shape index (κ1) is 14.6. The van der Waals surface area contributed by atoms with Crippen LogP contribution in [0.15, 0.2) is 24.3 Å². The number of carbonyl (C=O) groups is 1. The Morgan fingerprint density at radius 2 is 1.74 bits per heavy atom. The van der Waals surface area contributed by atoms with Gasteiger partial charge in [-0.15, -0.1) is 0 Å². The van der Waals surface area contributed by atoms with Gasteiger partial charge in [-0.1, -0.05) is 53.7 Å². The standard InChI is InChI=1S/C16H22BrNO/c17-12-11-13-7-9-15(10-8-13)18-16(19)14-5-3-1-2-4-6-14/h7-10,14H,1-6,11-12H2,(H,18,19). The molecular formula is C16H22BrNO. The van der Waals surface area contributed by atoms with Crippen molar-refractivity contribution in [1.82, 2.24) is 0 Å². The lowest BCUT2D eigenvalue weighted by Crippen LogP contribution is -2.22. The van der Waals surface area contributed by atoms with Crippen molar-refractivity contribution in [2.45, 2.75) is 44.9 Å². The van der Waals surface area contributed by atoms with Crippen LogP contribution in [0.3, 0.4) is 0 Å². The summed E-state index contributed by atoms with van der Waals surface area (Å²) in [7, 11) is 0. The molecule has 0 aliphatic heterocycles. The topological polar surface area (TPSA) is 29.1 Å². The number of rotatable bonds is 4. The van der Waals surface area contributed by atoms with E-state index in [1.54, 1.807) is 0 Å². The smallest absolute Gasteiger partial charge is 0.227 e. The van der Waals surface area contributed by atoms with Crippen LogP contribution < -0.4 is 5.32 Å². The Morgan fingerprint density at radius 1 is 1.11 bits per heavy atom. The lowest BCUT2D eigenvalue weighted by atomic mass is 9.99. The number of carbonyl (C=O) groups excluding carboxylic acids is 1. The molecule has 19 heavy (non-hydrogen) atoms. The number of halogens is 1. The van der Waals surface area contributed by atoms with E-state index in [4.69, 9.17) is 0 Å². The Morgan fingerprint density at radius 3 is 2.32 bits per heavy atom. The van der Waals surface area contributed by atoms with E-state index in [0.717, 1.165) is 30.3 Å². The minimum Gasteiger partial charge on any atom is -0.326 e. The average molecular weight is 324 g/mol. The summed E-state index contributed by atoms with van der Waals surface area (Å²) in [6, 6.07) is 8.19. The van der Waals surface area contributed by atoms with Crippen LogP contribution in [0.1, 0.15) is 44.1 Å². The van der Waals surface area contributed by atoms with Crippen molar-refractivity contribution >= 4 is 27.5 Å². The monoisotopic (exact) mass is 323 g/mol. The van der Waals surface area contributed by atoms with Crippen LogP contribution in [-0.2, 0) is 11.2 Å². The maximum atomic E-state index is 12.2. The fourth-order valence-corrected chi connectivity index (χ4v) is 3.11. The molecule has 1 aliphatic rings. The number of nitrogens with one attached hydrogen (secondary N) is 1. The highest BCUT2D eigenvalue weighted by Crippen LogP contribution is 2.24. The molecule has 1 saturated carbocycles. The maximum Gasteiger partial charge on any atom is 0.227 e. The van der Waals surface area contributed by atoms with Gasteiger partial charge < -0.3 is 5.32 Å².